The van der Waals surface area contributed by atoms with E-state index in [1.165, 1.54) is 12.1 Å². The van der Waals surface area contributed by atoms with Gasteiger partial charge in [0.15, 0.2) is 0 Å². The first-order valence-corrected chi connectivity index (χ1v) is 7.52. The molecule has 0 aliphatic carbocycles. The summed E-state index contributed by atoms with van der Waals surface area (Å²) < 4.78 is 19.7. The van der Waals surface area contributed by atoms with E-state index in [1.54, 1.807) is 0 Å². The van der Waals surface area contributed by atoms with Crippen LogP contribution in [-0.2, 0) is 13.2 Å². The third-order valence-electron chi connectivity index (χ3n) is 3.63. The lowest BCUT2D eigenvalue weighted by molar-refractivity contribution is 0.307. The summed E-state index contributed by atoms with van der Waals surface area (Å²) in [4.78, 5) is 0. The summed E-state index contributed by atoms with van der Waals surface area (Å²) in [5.41, 5.74) is 9.12. The molecule has 3 aromatic carbocycles. The smallest absolute Gasteiger partial charge is 0.127 e. The van der Waals surface area contributed by atoms with E-state index in [0.29, 0.717) is 13.2 Å². The maximum Gasteiger partial charge on any atom is 0.127 e. The predicted octanol–water partition coefficient (Wildman–Crippen LogP) is 4.53. The van der Waals surface area contributed by atoms with Gasteiger partial charge >= 0.3 is 0 Å². The van der Waals surface area contributed by atoms with Crippen LogP contribution in [0.2, 0.25) is 0 Å². The van der Waals surface area contributed by atoms with Crippen LogP contribution in [0.25, 0.3) is 11.1 Å². The second-order valence-electron chi connectivity index (χ2n) is 5.32. The number of para-hydroxylation sites is 1. The van der Waals surface area contributed by atoms with Gasteiger partial charge in [0.2, 0.25) is 0 Å². The Morgan fingerprint density at radius 1 is 0.826 bits per heavy atom. The highest BCUT2D eigenvalue weighted by Gasteiger charge is 2.08. The molecule has 3 rings (SSSR count). The summed E-state index contributed by atoms with van der Waals surface area (Å²) in [7, 11) is 0. The highest BCUT2D eigenvalue weighted by Crippen LogP contribution is 2.31. The minimum atomic E-state index is -0.291. The first kappa shape index (κ1) is 15.3. The van der Waals surface area contributed by atoms with Crippen molar-refractivity contribution in [3.05, 3.63) is 89.7 Å². The molecule has 3 heteroatoms. The van der Waals surface area contributed by atoms with E-state index in [-0.39, 0.29) is 5.82 Å². The summed E-state index contributed by atoms with van der Waals surface area (Å²) in [5.74, 6) is 0.436. The molecule has 0 radical (unpaired) electrons. The van der Waals surface area contributed by atoms with Crippen molar-refractivity contribution in [2.24, 2.45) is 5.73 Å². The van der Waals surface area contributed by atoms with E-state index in [1.807, 2.05) is 60.7 Å². The Morgan fingerprint density at radius 3 is 2.35 bits per heavy atom. The number of ether oxygens (including phenoxy) is 1. The molecule has 0 saturated carbocycles. The van der Waals surface area contributed by atoms with E-state index in [4.69, 9.17) is 10.5 Å². The van der Waals surface area contributed by atoms with Crippen molar-refractivity contribution >= 4 is 0 Å². The van der Waals surface area contributed by atoms with Crippen LogP contribution >= 0.6 is 0 Å². The van der Waals surface area contributed by atoms with Crippen LogP contribution in [-0.4, -0.2) is 0 Å². The van der Waals surface area contributed by atoms with Gasteiger partial charge in [-0.2, -0.15) is 0 Å². The van der Waals surface area contributed by atoms with Crippen molar-refractivity contribution in [2.45, 2.75) is 13.2 Å². The van der Waals surface area contributed by atoms with Crippen molar-refractivity contribution in [1.82, 2.24) is 0 Å². The Balaban J connectivity index is 1.90. The largest absolute Gasteiger partial charge is 0.488 e. The second kappa shape index (κ2) is 7.07. The highest BCUT2D eigenvalue weighted by atomic mass is 19.1. The van der Waals surface area contributed by atoms with Crippen LogP contribution in [0.5, 0.6) is 5.75 Å². The lowest BCUT2D eigenvalue weighted by Gasteiger charge is -2.13. The van der Waals surface area contributed by atoms with Gasteiger partial charge in [-0.05, 0) is 41.0 Å². The van der Waals surface area contributed by atoms with Crippen molar-refractivity contribution in [2.75, 3.05) is 0 Å². The zero-order valence-electron chi connectivity index (χ0n) is 12.7. The zero-order valence-corrected chi connectivity index (χ0v) is 12.7. The van der Waals surface area contributed by atoms with Crippen molar-refractivity contribution in [3.8, 4) is 16.9 Å². The van der Waals surface area contributed by atoms with E-state index in [9.17, 15) is 4.39 Å². The lowest BCUT2D eigenvalue weighted by Crippen LogP contribution is -1.99. The number of hydrogen-bond donors (Lipinski definition) is 1. The molecule has 0 unspecified atom stereocenters. The van der Waals surface area contributed by atoms with Crippen LogP contribution in [0.4, 0.5) is 4.39 Å². The summed E-state index contributed by atoms with van der Waals surface area (Å²) in [5, 5.41) is 0. The SMILES string of the molecule is NCc1cc(F)cc(-c2ccccc2OCc2ccccc2)c1. The van der Waals surface area contributed by atoms with Gasteiger partial charge in [-0.15, -0.1) is 0 Å². The molecular weight excluding hydrogens is 289 g/mol. The number of rotatable bonds is 5. The average molecular weight is 307 g/mol. The third kappa shape index (κ3) is 3.76. The number of nitrogens with two attached hydrogens (primary N) is 1. The fraction of sp³-hybridized carbons (Fsp3) is 0.100. The third-order valence-corrected chi connectivity index (χ3v) is 3.63. The number of hydrogen-bond acceptors (Lipinski definition) is 2. The maximum absolute atomic E-state index is 13.8. The number of benzene rings is 3. The second-order valence-corrected chi connectivity index (χ2v) is 5.32. The standard InChI is InChI=1S/C20H18FNO/c21-18-11-16(13-22)10-17(12-18)19-8-4-5-9-20(19)23-14-15-6-2-1-3-7-15/h1-12H,13-14,22H2. The topological polar surface area (TPSA) is 35.2 Å². The molecule has 0 aliphatic heterocycles. The van der Waals surface area contributed by atoms with Crippen molar-refractivity contribution in [3.63, 3.8) is 0 Å². The number of halogens is 1. The normalized spacial score (nSPS) is 10.5. The molecule has 116 valence electrons. The van der Waals surface area contributed by atoms with Crippen LogP contribution in [0.15, 0.2) is 72.8 Å². The van der Waals surface area contributed by atoms with Gasteiger partial charge in [-0.25, -0.2) is 4.39 Å². The fourth-order valence-electron chi connectivity index (χ4n) is 2.49. The molecule has 0 aliphatic rings. The molecule has 0 saturated heterocycles. The molecular formula is C20H18FNO. The minimum Gasteiger partial charge on any atom is -0.488 e. The molecule has 0 atom stereocenters. The minimum absolute atomic E-state index is 0.291. The Hall–Kier alpha value is -2.65. The van der Waals surface area contributed by atoms with Gasteiger partial charge in [-0.1, -0.05) is 48.5 Å². The Morgan fingerprint density at radius 2 is 1.57 bits per heavy atom. The molecule has 0 bridgehead atoms. The summed E-state index contributed by atoms with van der Waals surface area (Å²) in [6.07, 6.45) is 0. The molecule has 0 amide bonds. The molecule has 0 heterocycles. The van der Waals surface area contributed by atoms with Crippen molar-refractivity contribution in [1.29, 1.82) is 0 Å². The van der Waals surface area contributed by atoms with Crippen LogP contribution in [0.1, 0.15) is 11.1 Å². The monoisotopic (exact) mass is 307 g/mol. The predicted molar refractivity (Wildman–Crippen MR) is 90.5 cm³/mol. The maximum atomic E-state index is 13.8. The first-order valence-electron chi connectivity index (χ1n) is 7.52. The Labute approximate surface area is 135 Å². The highest BCUT2D eigenvalue weighted by molar-refractivity contribution is 5.71. The van der Waals surface area contributed by atoms with E-state index in [2.05, 4.69) is 0 Å². The molecule has 2 N–H and O–H groups in total. The van der Waals surface area contributed by atoms with Gasteiger partial charge in [-0.3, -0.25) is 0 Å². The van der Waals surface area contributed by atoms with Crippen LogP contribution < -0.4 is 10.5 Å². The van der Waals surface area contributed by atoms with Crippen LogP contribution in [0.3, 0.4) is 0 Å². The molecule has 0 spiro atoms. The van der Waals surface area contributed by atoms with E-state index >= 15 is 0 Å². The van der Waals surface area contributed by atoms with Gasteiger partial charge < -0.3 is 10.5 Å². The fourth-order valence-corrected chi connectivity index (χ4v) is 2.49. The first-order chi connectivity index (χ1) is 11.3. The molecule has 0 aromatic heterocycles. The van der Waals surface area contributed by atoms with Gasteiger partial charge in [0.1, 0.15) is 18.2 Å². The summed E-state index contributed by atoms with van der Waals surface area (Å²) >= 11 is 0. The zero-order chi connectivity index (χ0) is 16.1. The quantitative estimate of drug-likeness (QED) is 0.751. The lowest BCUT2D eigenvalue weighted by atomic mass is 10.0. The van der Waals surface area contributed by atoms with Gasteiger partial charge in [0.25, 0.3) is 0 Å². The molecule has 2 nitrogen and oxygen atoms in total. The van der Waals surface area contributed by atoms with E-state index in [0.717, 1.165) is 28.0 Å². The average Bonchev–Trinajstić information content (AvgIpc) is 2.60. The van der Waals surface area contributed by atoms with E-state index < -0.39 is 0 Å². The Kier molecular flexibility index (Phi) is 4.69. The molecule has 23 heavy (non-hydrogen) atoms. The Bertz CT molecular complexity index is 787. The van der Waals surface area contributed by atoms with Gasteiger partial charge in [0.05, 0.1) is 0 Å². The molecule has 0 fully saturated rings. The molecule has 3 aromatic rings. The van der Waals surface area contributed by atoms with Gasteiger partial charge in [0, 0.05) is 12.1 Å². The van der Waals surface area contributed by atoms with Crippen molar-refractivity contribution < 1.29 is 9.13 Å². The summed E-state index contributed by atoms with van der Waals surface area (Å²) in [6.45, 7) is 0.773. The van der Waals surface area contributed by atoms with Crippen LogP contribution in [0, 0.1) is 5.82 Å². The summed E-state index contributed by atoms with van der Waals surface area (Å²) in [6, 6.07) is 22.4.